The Morgan fingerprint density at radius 2 is 2.00 bits per heavy atom. The highest BCUT2D eigenvalue weighted by atomic mass is 35.5. The van der Waals surface area contributed by atoms with Crippen molar-refractivity contribution in [2.75, 3.05) is 4.72 Å². The van der Waals surface area contributed by atoms with E-state index in [1.807, 2.05) is 0 Å². The Labute approximate surface area is 135 Å². The lowest BCUT2D eigenvalue weighted by molar-refractivity contribution is 0.414. The van der Waals surface area contributed by atoms with Crippen LogP contribution in [-0.4, -0.2) is 13.6 Å². The first-order chi connectivity index (χ1) is 10.9. The van der Waals surface area contributed by atoms with Gasteiger partial charge in [-0.3, -0.25) is 4.72 Å². The predicted molar refractivity (Wildman–Crippen MR) is 81.2 cm³/mol. The second-order valence-corrected chi connectivity index (χ2v) is 6.70. The first kappa shape index (κ1) is 15.6. The normalized spacial score (nSPS) is 11.6. The van der Waals surface area contributed by atoms with Crippen LogP contribution >= 0.6 is 11.6 Å². The summed E-state index contributed by atoms with van der Waals surface area (Å²) in [7, 11) is -3.96. The van der Waals surface area contributed by atoms with E-state index in [1.54, 1.807) is 6.07 Å². The summed E-state index contributed by atoms with van der Waals surface area (Å²) in [6, 6.07) is 6.21. The molecule has 0 unspecified atom stereocenters. The standard InChI is InChI=1S/C14H10ClFN2O4S/c1-8-14(7-13(21-8)12-4-5-17-22-12)23(19,20)18-11-3-2-9(16)6-10(11)15/h2-7,18H,1H3. The van der Waals surface area contributed by atoms with Crippen molar-refractivity contribution in [2.45, 2.75) is 11.8 Å². The molecular formula is C14H10ClFN2O4S. The third-order valence-corrected chi connectivity index (χ3v) is 4.80. The number of anilines is 1. The van der Waals surface area contributed by atoms with Crippen LogP contribution in [0.25, 0.3) is 11.5 Å². The van der Waals surface area contributed by atoms with Gasteiger partial charge in [-0.05, 0) is 25.1 Å². The van der Waals surface area contributed by atoms with Crippen LogP contribution in [-0.2, 0) is 10.0 Å². The van der Waals surface area contributed by atoms with E-state index in [2.05, 4.69) is 9.88 Å². The summed E-state index contributed by atoms with van der Waals surface area (Å²) in [6.45, 7) is 1.50. The van der Waals surface area contributed by atoms with Gasteiger partial charge in [0.1, 0.15) is 16.5 Å². The fraction of sp³-hybridized carbons (Fsp3) is 0.0714. The van der Waals surface area contributed by atoms with E-state index in [9.17, 15) is 12.8 Å². The van der Waals surface area contributed by atoms with Crippen molar-refractivity contribution in [1.82, 2.24) is 5.16 Å². The van der Waals surface area contributed by atoms with Crippen LogP contribution in [0.1, 0.15) is 5.76 Å². The number of aromatic nitrogens is 1. The highest BCUT2D eigenvalue weighted by molar-refractivity contribution is 7.92. The largest absolute Gasteiger partial charge is 0.456 e. The van der Waals surface area contributed by atoms with Gasteiger partial charge in [0.15, 0.2) is 5.76 Å². The molecule has 0 spiro atoms. The lowest BCUT2D eigenvalue weighted by Gasteiger charge is -2.08. The molecule has 0 atom stereocenters. The first-order valence-corrected chi connectivity index (χ1v) is 8.22. The van der Waals surface area contributed by atoms with Crippen molar-refractivity contribution in [1.29, 1.82) is 0 Å². The van der Waals surface area contributed by atoms with E-state index in [4.69, 9.17) is 20.5 Å². The molecule has 0 fully saturated rings. The van der Waals surface area contributed by atoms with Gasteiger partial charge in [0.25, 0.3) is 10.0 Å². The van der Waals surface area contributed by atoms with Gasteiger partial charge >= 0.3 is 0 Å². The minimum Gasteiger partial charge on any atom is -0.456 e. The van der Waals surface area contributed by atoms with Gasteiger partial charge in [0.05, 0.1) is 16.9 Å². The maximum Gasteiger partial charge on any atom is 0.265 e. The van der Waals surface area contributed by atoms with E-state index in [1.165, 1.54) is 25.3 Å². The van der Waals surface area contributed by atoms with Gasteiger partial charge in [0, 0.05) is 12.1 Å². The second-order valence-electron chi connectivity index (χ2n) is 4.64. The summed E-state index contributed by atoms with van der Waals surface area (Å²) in [4.78, 5) is -0.0794. The molecule has 0 saturated carbocycles. The van der Waals surface area contributed by atoms with E-state index >= 15 is 0 Å². The molecule has 0 aliphatic carbocycles. The number of nitrogens with one attached hydrogen (secondary N) is 1. The summed E-state index contributed by atoms with van der Waals surface area (Å²) in [5.74, 6) is 0.132. The third-order valence-electron chi connectivity index (χ3n) is 3.02. The minimum atomic E-state index is -3.96. The molecule has 120 valence electrons. The third kappa shape index (κ3) is 3.08. The zero-order chi connectivity index (χ0) is 16.6. The number of nitrogens with zero attached hydrogens (tertiary/aromatic N) is 1. The van der Waals surface area contributed by atoms with Crippen LogP contribution in [0.2, 0.25) is 5.02 Å². The number of hydrogen-bond acceptors (Lipinski definition) is 5. The van der Waals surface area contributed by atoms with Gasteiger partial charge < -0.3 is 8.94 Å². The van der Waals surface area contributed by atoms with Gasteiger partial charge in [-0.15, -0.1) is 0 Å². The highest BCUT2D eigenvalue weighted by Crippen LogP contribution is 2.31. The molecule has 1 N–H and O–H groups in total. The molecule has 0 bridgehead atoms. The van der Waals surface area contributed by atoms with Crippen LogP contribution in [0.4, 0.5) is 10.1 Å². The molecule has 3 rings (SSSR count). The Morgan fingerprint density at radius 3 is 2.65 bits per heavy atom. The number of sulfonamides is 1. The lowest BCUT2D eigenvalue weighted by atomic mass is 10.3. The maximum absolute atomic E-state index is 13.0. The average Bonchev–Trinajstić information content (AvgIpc) is 3.11. The predicted octanol–water partition coefficient (Wildman–Crippen LogP) is 3.84. The van der Waals surface area contributed by atoms with Crippen molar-refractivity contribution >= 4 is 27.3 Å². The van der Waals surface area contributed by atoms with Gasteiger partial charge in [-0.2, -0.15) is 0 Å². The fourth-order valence-electron chi connectivity index (χ4n) is 1.97. The van der Waals surface area contributed by atoms with Gasteiger partial charge in [0.2, 0.25) is 5.76 Å². The zero-order valence-electron chi connectivity index (χ0n) is 11.7. The summed E-state index contributed by atoms with van der Waals surface area (Å²) >= 11 is 5.84. The van der Waals surface area contributed by atoms with E-state index in [0.29, 0.717) is 5.76 Å². The fourth-order valence-corrected chi connectivity index (χ4v) is 3.50. The Hall–Kier alpha value is -2.32. The van der Waals surface area contributed by atoms with Crippen molar-refractivity contribution < 1.29 is 21.7 Å². The molecule has 3 aromatic rings. The number of furan rings is 1. The molecule has 6 nitrogen and oxygen atoms in total. The average molecular weight is 357 g/mol. The van der Waals surface area contributed by atoms with E-state index in [-0.39, 0.29) is 27.1 Å². The number of benzene rings is 1. The topological polar surface area (TPSA) is 85.3 Å². The zero-order valence-corrected chi connectivity index (χ0v) is 13.3. The van der Waals surface area contributed by atoms with Crippen molar-refractivity contribution in [3.63, 3.8) is 0 Å². The minimum absolute atomic E-state index is 0.0508. The summed E-state index contributed by atoms with van der Waals surface area (Å²) in [5.41, 5.74) is 0.0647. The highest BCUT2D eigenvalue weighted by Gasteiger charge is 2.24. The molecule has 2 heterocycles. The number of hydrogen-bond donors (Lipinski definition) is 1. The molecule has 0 aliphatic heterocycles. The maximum atomic E-state index is 13.0. The van der Waals surface area contributed by atoms with Gasteiger partial charge in [-0.1, -0.05) is 16.8 Å². The molecule has 0 saturated heterocycles. The molecule has 9 heteroatoms. The Bertz CT molecular complexity index is 951. The smallest absolute Gasteiger partial charge is 0.265 e. The summed E-state index contributed by atoms with van der Waals surface area (Å²) in [5, 5.41) is 3.48. The van der Waals surface area contributed by atoms with Crippen LogP contribution in [0.5, 0.6) is 0 Å². The van der Waals surface area contributed by atoms with Crippen LogP contribution < -0.4 is 4.72 Å². The number of halogens is 2. The Balaban J connectivity index is 1.97. The lowest BCUT2D eigenvalue weighted by Crippen LogP contribution is -2.13. The monoisotopic (exact) mass is 356 g/mol. The molecule has 23 heavy (non-hydrogen) atoms. The second kappa shape index (κ2) is 5.71. The number of aryl methyl sites for hydroxylation is 1. The first-order valence-electron chi connectivity index (χ1n) is 6.36. The van der Waals surface area contributed by atoms with Crippen molar-refractivity contribution in [3.05, 3.63) is 53.1 Å². The Morgan fingerprint density at radius 1 is 1.22 bits per heavy atom. The van der Waals surface area contributed by atoms with Gasteiger partial charge in [-0.25, -0.2) is 12.8 Å². The van der Waals surface area contributed by atoms with Crippen molar-refractivity contribution in [3.8, 4) is 11.5 Å². The molecule has 1 aromatic carbocycles. The quantitative estimate of drug-likeness (QED) is 0.767. The van der Waals surface area contributed by atoms with Crippen LogP contribution in [0.3, 0.4) is 0 Å². The Kier molecular flexibility index (Phi) is 3.87. The molecule has 0 amide bonds. The van der Waals surface area contributed by atoms with Crippen LogP contribution in [0, 0.1) is 12.7 Å². The molecular weight excluding hydrogens is 347 g/mol. The summed E-state index contributed by atoms with van der Waals surface area (Å²) < 4.78 is 50.6. The van der Waals surface area contributed by atoms with Crippen LogP contribution in [0.15, 0.2) is 50.4 Å². The van der Waals surface area contributed by atoms with Crippen molar-refractivity contribution in [2.24, 2.45) is 0 Å². The van der Waals surface area contributed by atoms with E-state index in [0.717, 1.165) is 12.1 Å². The summed E-state index contributed by atoms with van der Waals surface area (Å²) in [6.07, 6.45) is 1.41. The molecule has 0 radical (unpaired) electrons. The molecule has 0 aliphatic rings. The SMILES string of the molecule is Cc1oc(-c2ccno2)cc1S(=O)(=O)Nc1ccc(F)cc1Cl. The number of rotatable bonds is 4. The molecule has 2 aromatic heterocycles. The van der Waals surface area contributed by atoms with E-state index < -0.39 is 15.8 Å².